The fraction of sp³-hybridized carbons (Fsp3) is 0.308. The minimum atomic E-state index is -0.832. The van der Waals surface area contributed by atoms with Crippen molar-refractivity contribution >= 4 is 5.78 Å². The predicted octanol–water partition coefficient (Wildman–Crippen LogP) is 0.829. The van der Waals surface area contributed by atoms with Crippen LogP contribution in [0.2, 0.25) is 0 Å². The van der Waals surface area contributed by atoms with E-state index in [9.17, 15) is 9.90 Å². The van der Waals surface area contributed by atoms with Gasteiger partial charge >= 0.3 is 0 Å². The maximum atomic E-state index is 11.4. The molecule has 0 saturated heterocycles. The molecular weight excluding hydrogens is 188 g/mol. The van der Waals surface area contributed by atoms with Crippen molar-refractivity contribution in [1.82, 2.24) is 0 Å². The number of carbonyl (C=O) groups excluding carboxylic acids is 1. The SMILES string of the molecule is O=C1C=C2CC(C#C/C=C\C#CC2O)C1. The molecule has 0 aromatic carbocycles. The van der Waals surface area contributed by atoms with Gasteiger partial charge in [0.15, 0.2) is 5.78 Å². The van der Waals surface area contributed by atoms with Crippen LogP contribution in [0.1, 0.15) is 12.8 Å². The summed E-state index contributed by atoms with van der Waals surface area (Å²) in [5.41, 5.74) is 0.688. The topological polar surface area (TPSA) is 37.3 Å². The Kier molecular flexibility index (Phi) is 2.72. The van der Waals surface area contributed by atoms with Crippen molar-refractivity contribution in [1.29, 1.82) is 0 Å². The minimum Gasteiger partial charge on any atom is -0.376 e. The molecule has 0 aromatic rings. The molecule has 2 nitrogen and oxygen atoms in total. The van der Waals surface area contributed by atoms with Crippen LogP contribution in [0.5, 0.6) is 0 Å². The first kappa shape index (κ1) is 9.77. The third kappa shape index (κ3) is 2.37. The third-order valence-corrected chi connectivity index (χ3v) is 2.38. The van der Waals surface area contributed by atoms with E-state index in [1.807, 2.05) is 0 Å². The van der Waals surface area contributed by atoms with Crippen LogP contribution in [0.15, 0.2) is 23.8 Å². The monoisotopic (exact) mass is 198 g/mol. The molecule has 2 heteroatoms. The Bertz CT molecular complexity index is 460. The zero-order chi connectivity index (χ0) is 10.7. The van der Waals surface area contributed by atoms with Crippen LogP contribution in [0.3, 0.4) is 0 Å². The summed E-state index contributed by atoms with van der Waals surface area (Å²) in [6.07, 6.45) is 5.02. The van der Waals surface area contributed by atoms with Crippen LogP contribution in [-0.2, 0) is 4.79 Å². The van der Waals surface area contributed by atoms with E-state index in [4.69, 9.17) is 0 Å². The second-order valence-electron chi connectivity index (χ2n) is 3.60. The van der Waals surface area contributed by atoms with Gasteiger partial charge in [0.1, 0.15) is 6.10 Å². The first-order chi connectivity index (χ1) is 7.25. The van der Waals surface area contributed by atoms with Gasteiger partial charge in [0, 0.05) is 12.3 Å². The summed E-state index contributed by atoms with van der Waals surface area (Å²) in [6, 6.07) is 0. The third-order valence-electron chi connectivity index (χ3n) is 2.38. The molecule has 2 aliphatic rings. The lowest BCUT2D eigenvalue weighted by atomic mass is 9.86. The second kappa shape index (κ2) is 4.17. The van der Waals surface area contributed by atoms with E-state index in [0.717, 1.165) is 0 Å². The Hall–Kier alpha value is -1.77. The largest absolute Gasteiger partial charge is 0.376 e. The predicted molar refractivity (Wildman–Crippen MR) is 56.5 cm³/mol. The minimum absolute atomic E-state index is 0.0247. The zero-order valence-electron chi connectivity index (χ0n) is 8.16. The summed E-state index contributed by atoms with van der Waals surface area (Å²) in [7, 11) is 0. The van der Waals surface area contributed by atoms with Crippen molar-refractivity contribution in [2.75, 3.05) is 0 Å². The molecule has 15 heavy (non-hydrogen) atoms. The number of ketones is 1. The summed E-state index contributed by atoms with van der Waals surface area (Å²) >= 11 is 0. The molecule has 2 unspecified atom stereocenters. The highest BCUT2D eigenvalue weighted by molar-refractivity contribution is 5.92. The number of aliphatic hydroxyl groups is 1. The van der Waals surface area contributed by atoms with Gasteiger partial charge in [-0.1, -0.05) is 23.7 Å². The molecule has 2 aliphatic carbocycles. The molecular formula is C13H10O2. The van der Waals surface area contributed by atoms with E-state index in [0.29, 0.717) is 18.4 Å². The molecule has 2 bridgehead atoms. The van der Waals surface area contributed by atoms with E-state index < -0.39 is 6.10 Å². The number of carbonyl (C=O) groups is 1. The molecule has 0 saturated carbocycles. The number of allylic oxidation sites excluding steroid dienone is 3. The second-order valence-corrected chi connectivity index (χ2v) is 3.60. The summed E-state index contributed by atoms with van der Waals surface area (Å²) in [6.45, 7) is 0. The van der Waals surface area contributed by atoms with Gasteiger partial charge in [-0.05, 0) is 30.2 Å². The summed E-state index contributed by atoms with van der Waals surface area (Å²) in [5, 5.41) is 9.68. The Morgan fingerprint density at radius 3 is 2.73 bits per heavy atom. The van der Waals surface area contributed by atoms with E-state index in [1.165, 1.54) is 6.08 Å². The number of hydrogen-bond donors (Lipinski definition) is 1. The van der Waals surface area contributed by atoms with Crippen LogP contribution < -0.4 is 0 Å². The van der Waals surface area contributed by atoms with Crippen LogP contribution >= 0.6 is 0 Å². The Labute approximate surface area is 88.7 Å². The van der Waals surface area contributed by atoms with Gasteiger partial charge in [-0.2, -0.15) is 0 Å². The van der Waals surface area contributed by atoms with Crippen molar-refractivity contribution in [3.05, 3.63) is 23.8 Å². The zero-order valence-corrected chi connectivity index (χ0v) is 8.16. The van der Waals surface area contributed by atoms with Gasteiger partial charge in [0.05, 0.1) is 0 Å². The van der Waals surface area contributed by atoms with Gasteiger partial charge in [0.25, 0.3) is 0 Å². The van der Waals surface area contributed by atoms with Gasteiger partial charge in [0.2, 0.25) is 0 Å². The average Bonchev–Trinajstić information content (AvgIpc) is 2.21. The van der Waals surface area contributed by atoms with Gasteiger partial charge in [-0.25, -0.2) is 0 Å². The molecule has 0 amide bonds. The molecule has 74 valence electrons. The van der Waals surface area contributed by atoms with E-state index in [2.05, 4.69) is 23.7 Å². The fourth-order valence-corrected chi connectivity index (χ4v) is 1.69. The van der Waals surface area contributed by atoms with Crippen molar-refractivity contribution in [3.63, 3.8) is 0 Å². The lowest BCUT2D eigenvalue weighted by molar-refractivity contribution is -0.115. The van der Waals surface area contributed by atoms with Gasteiger partial charge in [-0.3, -0.25) is 4.79 Å². The first-order valence-electron chi connectivity index (χ1n) is 4.84. The van der Waals surface area contributed by atoms with Crippen LogP contribution in [-0.4, -0.2) is 17.0 Å². The lowest BCUT2D eigenvalue weighted by Gasteiger charge is -2.19. The molecule has 2 atom stereocenters. The number of aliphatic hydroxyl groups excluding tert-OH is 1. The van der Waals surface area contributed by atoms with E-state index in [1.54, 1.807) is 12.2 Å². The summed E-state index contributed by atoms with van der Waals surface area (Å²) < 4.78 is 0. The Balaban J connectivity index is 2.38. The summed E-state index contributed by atoms with van der Waals surface area (Å²) in [4.78, 5) is 11.4. The molecule has 0 spiro atoms. The van der Waals surface area contributed by atoms with Gasteiger partial charge < -0.3 is 5.11 Å². The first-order valence-corrected chi connectivity index (χ1v) is 4.84. The fourth-order valence-electron chi connectivity index (χ4n) is 1.69. The Morgan fingerprint density at radius 1 is 1.20 bits per heavy atom. The maximum Gasteiger partial charge on any atom is 0.157 e. The van der Waals surface area contributed by atoms with Crippen LogP contribution in [0, 0.1) is 29.6 Å². The normalized spacial score (nSPS) is 30.2. The molecule has 1 N–H and O–H groups in total. The van der Waals surface area contributed by atoms with E-state index >= 15 is 0 Å². The maximum absolute atomic E-state index is 11.4. The lowest BCUT2D eigenvalue weighted by Crippen LogP contribution is -2.19. The molecule has 2 rings (SSSR count). The smallest absolute Gasteiger partial charge is 0.157 e. The number of rotatable bonds is 0. The Morgan fingerprint density at radius 2 is 1.93 bits per heavy atom. The van der Waals surface area contributed by atoms with E-state index in [-0.39, 0.29) is 11.7 Å². The van der Waals surface area contributed by atoms with Crippen LogP contribution in [0.25, 0.3) is 0 Å². The highest BCUT2D eigenvalue weighted by Gasteiger charge is 2.22. The molecule has 0 heterocycles. The quantitative estimate of drug-likeness (QED) is 0.585. The molecule has 0 radical (unpaired) electrons. The highest BCUT2D eigenvalue weighted by atomic mass is 16.3. The van der Waals surface area contributed by atoms with Crippen molar-refractivity contribution in [2.45, 2.75) is 18.9 Å². The standard InChI is InChI=1S/C13H10O2/c14-12-8-10-5-3-1-2-4-6-13(15)11(7-10)9-12/h1-2,9-10,13,15H,7-8H2/b2-1-. The van der Waals surface area contributed by atoms with Crippen molar-refractivity contribution in [3.8, 4) is 23.7 Å². The highest BCUT2D eigenvalue weighted by Crippen LogP contribution is 2.23. The summed E-state index contributed by atoms with van der Waals surface area (Å²) in [5.74, 6) is 11.2. The van der Waals surface area contributed by atoms with Crippen molar-refractivity contribution < 1.29 is 9.90 Å². The number of fused-ring (bicyclic) bond motifs is 2. The van der Waals surface area contributed by atoms with Crippen LogP contribution in [0.4, 0.5) is 0 Å². The van der Waals surface area contributed by atoms with Gasteiger partial charge in [-0.15, -0.1) is 0 Å². The number of hydrogen-bond acceptors (Lipinski definition) is 2. The molecule has 0 aromatic heterocycles. The van der Waals surface area contributed by atoms with Crippen molar-refractivity contribution in [2.24, 2.45) is 5.92 Å². The average molecular weight is 198 g/mol. The molecule has 0 aliphatic heterocycles. The molecule has 0 fully saturated rings.